The molecule has 0 unspecified atom stereocenters. The molecule has 0 radical (unpaired) electrons. The summed E-state index contributed by atoms with van der Waals surface area (Å²) in [4.78, 5) is 24.7. The first-order valence-electron chi connectivity index (χ1n) is 7.46. The largest absolute Gasteiger partial charge is 0.469 e. The van der Waals surface area contributed by atoms with Gasteiger partial charge in [0.25, 0.3) is 5.91 Å². The first-order chi connectivity index (χ1) is 9.82. The number of amides is 1. The van der Waals surface area contributed by atoms with E-state index in [1.165, 1.54) is 7.11 Å². The predicted molar refractivity (Wildman–Crippen MR) is 77.3 cm³/mol. The molecule has 1 amide bonds. The molecule has 1 rings (SSSR count). The van der Waals surface area contributed by atoms with Crippen molar-refractivity contribution in [3.63, 3.8) is 0 Å². The molecular formula is C15H26N3O3+. The maximum atomic E-state index is 12.1. The van der Waals surface area contributed by atoms with Gasteiger partial charge >= 0.3 is 5.97 Å². The Balaban J connectivity index is 2.44. The van der Waals surface area contributed by atoms with Crippen LogP contribution in [-0.4, -0.2) is 44.2 Å². The molecule has 2 N–H and O–H groups in total. The van der Waals surface area contributed by atoms with E-state index in [1.807, 2.05) is 13.8 Å². The van der Waals surface area contributed by atoms with E-state index in [-0.39, 0.29) is 23.7 Å². The van der Waals surface area contributed by atoms with Gasteiger partial charge in [-0.3, -0.25) is 9.59 Å². The van der Waals surface area contributed by atoms with Crippen molar-refractivity contribution in [3.05, 3.63) is 0 Å². The minimum atomic E-state index is -0.832. The highest BCUT2D eigenvalue weighted by atomic mass is 16.5. The molecule has 0 bridgehead atoms. The molecule has 6 nitrogen and oxygen atoms in total. The Kier molecular flexibility index (Phi) is 6.16. The third-order valence-corrected chi connectivity index (χ3v) is 4.42. The number of quaternary nitrogens is 1. The Hall–Kier alpha value is -1.61. The number of likely N-dealkylation sites (tertiary alicyclic amines) is 1. The molecule has 1 saturated heterocycles. The maximum absolute atomic E-state index is 12.1. The van der Waals surface area contributed by atoms with Crippen LogP contribution in [0.4, 0.5) is 0 Å². The lowest BCUT2D eigenvalue weighted by Gasteiger charge is -2.30. The van der Waals surface area contributed by atoms with Crippen molar-refractivity contribution in [2.24, 2.45) is 11.8 Å². The number of hydrogen-bond acceptors (Lipinski definition) is 4. The molecule has 6 heteroatoms. The molecule has 1 fully saturated rings. The average molecular weight is 296 g/mol. The smallest absolute Gasteiger partial charge is 0.309 e. The number of ether oxygens (including phenoxy) is 1. The van der Waals surface area contributed by atoms with Crippen LogP contribution < -0.4 is 10.2 Å². The second kappa shape index (κ2) is 7.41. The average Bonchev–Trinajstić information content (AvgIpc) is 2.46. The number of carbonyl (C=O) groups excluding carboxylic acids is 2. The normalized spacial score (nSPS) is 24.8. The zero-order valence-corrected chi connectivity index (χ0v) is 13.4. The van der Waals surface area contributed by atoms with E-state index in [9.17, 15) is 14.9 Å². The predicted octanol–water partition coefficient (Wildman–Crippen LogP) is -0.491. The molecule has 0 saturated carbocycles. The van der Waals surface area contributed by atoms with Gasteiger partial charge in [0, 0.05) is 12.8 Å². The van der Waals surface area contributed by atoms with Gasteiger partial charge in [-0.15, -0.1) is 0 Å². The minimum absolute atomic E-state index is 0.0400. The standard InChI is InChI=1S/C15H25N3O3/c1-11(2)15(3,10-16)17-13(19)9-18-7-5-12(6-8-18)14(20)21-4/h11-12H,5-9H2,1-4H3,(H,17,19)/p+1/t15-/m1/s1. The van der Waals surface area contributed by atoms with Crippen LogP contribution in [0.1, 0.15) is 33.6 Å². The van der Waals surface area contributed by atoms with Gasteiger partial charge < -0.3 is 15.0 Å². The SMILES string of the molecule is COC(=O)C1CC[NH+](CC(=O)N[C@](C)(C#N)C(C)C)CC1. The number of rotatable bonds is 5. The number of piperidine rings is 1. The number of nitriles is 1. The van der Waals surface area contributed by atoms with Crippen molar-refractivity contribution in [1.82, 2.24) is 5.32 Å². The van der Waals surface area contributed by atoms with E-state index < -0.39 is 5.54 Å². The zero-order chi connectivity index (χ0) is 16.0. The van der Waals surface area contributed by atoms with E-state index >= 15 is 0 Å². The molecular weight excluding hydrogens is 270 g/mol. The van der Waals surface area contributed by atoms with Crippen molar-refractivity contribution in [2.75, 3.05) is 26.7 Å². The third kappa shape index (κ3) is 4.71. The fourth-order valence-electron chi connectivity index (χ4n) is 2.47. The monoisotopic (exact) mass is 296 g/mol. The molecule has 1 atom stereocenters. The van der Waals surface area contributed by atoms with Crippen LogP contribution in [0, 0.1) is 23.2 Å². The second-order valence-electron chi connectivity index (χ2n) is 6.24. The molecule has 0 spiro atoms. The van der Waals surface area contributed by atoms with E-state index in [1.54, 1.807) is 6.92 Å². The summed E-state index contributed by atoms with van der Waals surface area (Å²) in [5.74, 6) is -0.261. The van der Waals surface area contributed by atoms with Gasteiger partial charge in [-0.05, 0) is 12.8 Å². The topological polar surface area (TPSA) is 83.6 Å². The van der Waals surface area contributed by atoms with Gasteiger partial charge in [0.05, 0.1) is 32.2 Å². The zero-order valence-electron chi connectivity index (χ0n) is 13.4. The van der Waals surface area contributed by atoms with Crippen LogP contribution in [-0.2, 0) is 14.3 Å². The van der Waals surface area contributed by atoms with Crippen molar-refractivity contribution < 1.29 is 19.2 Å². The summed E-state index contributed by atoms with van der Waals surface area (Å²) < 4.78 is 4.75. The second-order valence-corrected chi connectivity index (χ2v) is 6.24. The highest BCUT2D eigenvalue weighted by Crippen LogP contribution is 2.14. The first-order valence-corrected chi connectivity index (χ1v) is 7.46. The number of hydrogen-bond donors (Lipinski definition) is 2. The fourth-order valence-corrected chi connectivity index (χ4v) is 2.47. The Labute approximate surface area is 126 Å². The third-order valence-electron chi connectivity index (χ3n) is 4.42. The molecule has 0 aromatic carbocycles. The number of carbonyl (C=O) groups is 2. The fraction of sp³-hybridized carbons (Fsp3) is 0.800. The molecule has 1 heterocycles. The summed E-state index contributed by atoms with van der Waals surface area (Å²) in [7, 11) is 1.41. The van der Waals surface area contributed by atoms with E-state index in [4.69, 9.17) is 4.74 Å². The number of nitrogens with one attached hydrogen (secondary N) is 2. The molecule has 1 aliphatic heterocycles. The number of nitrogens with zero attached hydrogens (tertiary/aromatic N) is 1. The maximum Gasteiger partial charge on any atom is 0.309 e. The van der Waals surface area contributed by atoms with Gasteiger partial charge in [-0.25, -0.2) is 0 Å². The first kappa shape index (κ1) is 17.4. The quantitative estimate of drug-likeness (QED) is 0.671. The minimum Gasteiger partial charge on any atom is -0.469 e. The van der Waals surface area contributed by atoms with E-state index in [0.717, 1.165) is 30.8 Å². The van der Waals surface area contributed by atoms with E-state index in [0.29, 0.717) is 6.54 Å². The van der Waals surface area contributed by atoms with Crippen LogP contribution in [0.3, 0.4) is 0 Å². The Morgan fingerprint density at radius 1 is 1.43 bits per heavy atom. The summed E-state index contributed by atoms with van der Waals surface area (Å²) in [6, 6.07) is 2.17. The number of esters is 1. The highest BCUT2D eigenvalue weighted by molar-refractivity contribution is 5.78. The molecule has 0 aromatic heterocycles. The highest BCUT2D eigenvalue weighted by Gasteiger charge is 2.33. The Morgan fingerprint density at radius 2 is 2.00 bits per heavy atom. The van der Waals surface area contributed by atoms with Crippen LogP contribution in [0.5, 0.6) is 0 Å². The number of methoxy groups -OCH3 is 1. The molecule has 118 valence electrons. The van der Waals surface area contributed by atoms with Crippen molar-refractivity contribution in [3.8, 4) is 6.07 Å². The van der Waals surface area contributed by atoms with Crippen LogP contribution >= 0.6 is 0 Å². The lowest BCUT2D eigenvalue weighted by atomic mass is 9.90. The summed E-state index contributed by atoms with van der Waals surface area (Å²) in [5.41, 5.74) is -0.832. The lowest BCUT2D eigenvalue weighted by Crippen LogP contribution is -3.14. The van der Waals surface area contributed by atoms with Crippen molar-refractivity contribution >= 4 is 11.9 Å². The molecule has 21 heavy (non-hydrogen) atoms. The van der Waals surface area contributed by atoms with Gasteiger partial charge in [-0.1, -0.05) is 13.8 Å². The van der Waals surface area contributed by atoms with Gasteiger partial charge in [0.2, 0.25) is 0 Å². The summed E-state index contributed by atoms with van der Waals surface area (Å²) in [6.07, 6.45) is 1.49. The van der Waals surface area contributed by atoms with Crippen LogP contribution in [0.15, 0.2) is 0 Å². The summed E-state index contributed by atoms with van der Waals surface area (Å²) >= 11 is 0. The van der Waals surface area contributed by atoms with Crippen molar-refractivity contribution in [1.29, 1.82) is 5.26 Å². The molecule has 0 aromatic rings. The lowest BCUT2D eigenvalue weighted by molar-refractivity contribution is -0.897. The van der Waals surface area contributed by atoms with Gasteiger partial charge in [0.15, 0.2) is 6.54 Å². The van der Waals surface area contributed by atoms with Gasteiger partial charge in [-0.2, -0.15) is 5.26 Å². The molecule has 0 aliphatic carbocycles. The summed E-state index contributed by atoms with van der Waals surface area (Å²) in [6.45, 7) is 7.47. The summed E-state index contributed by atoms with van der Waals surface area (Å²) in [5, 5.41) is 12.0. The van der Waals surface area contributed by atoms with Gasteiger partial charge in [0.1, 0.15) is 5.54 Å². The molecule has 1 aliphatic rings. The van der Waals surface area contributed by atoms with E-state index in [2.05, 4.69) is 11.4 Å². The van der Waals surface area contributed by atoms with Crippen LogP contribution in [0.25, 0.3) is 0 Å². The van der Waals surface area contributed by atoms with Crippen molar-refractivity contribution in [2.45, 2.75) is 39.2 Å². The Morgan fingerprint density at radius 3 is 2.43 bits per heavy atom. The Bertz CT molecular complexity index is 422. The van der Waals surface area contributed by atoms with Crippen LogP contribution in [0.2, 0.25) is 0 Å².